The Balaban J connectivity index is 2.16. The molecule has 0 spiro atoms. The van der Waals surface area contributed by atoms with E-state index < -0.39 is 0 Å². The van der Waals surface area contributed by atoms with Gasteiger partial charge in [0.2, 0.25) is 0 Å². The van der Waals surface area contributed by atoms with E-state index in [9.17, 15) is 0 Å². The summed E-state index contributed by atoms with van der Waals surface area (Å²) in [5.74, 6) is 0.481. The van der Waals surface area contributed by atoms with Crippen molar-refractivity contribution in [2.75, 3.05) is 7.05 Å². The van der Waals surface area contributed by atoms with Crippen LogP contribution in [0.2, 0.25) is 0 Å². The van der Waals surface area contributed by atoms with Gasteiger partial charge in [0.05, 0.1) is 0 Å². The predicted octanol–water partition coefficient (Wildman–Crippen LogP) is 3.96. The highest BCUT2D eigenvalue weighted by Gasteiger charge is 2.31. The van der Waals surface area contributed by atoms with Gasteiger partial charge in [0, 0.05) is 18.5 Å². The summed E-state index contributed by atoms with van der Waals surface area (Å²) in [5, 5.41) is 0. The summed E-state index contributed by atoms with van der Waals surface area (Å²) in [6, 6.07) is 18.2. The van der Waals surface area contributed by atoms with E-state index in [0.29, 0.717) is 12.0 Å². The number of fused-ring (bicyclic) bond motifs is 1. The van der Waals surface area contributed by atoms with Crippen molar-refractivity contribution in [2.24, 2.45) is 0 Å². The molecule has 0 aromatic heterocycles. The molecular formula is C18H21N. The molecule has 2 atom stereocenters. The molecule has 0 saturated heterocycles. The highest BCUT2D eigenvalue weighted by Crippen LogP contribution is 2.38. The van der Waals surface area contributed by atoms with E-state index in [1.807, 2.05) is 0 Å². The molecule has 3 rings (SSSR count). The maximum Gasteiger partial charge on any atom is 0.0246 e. The molecule has 0 bridgehead atoms. The van der Waals surface area contributed by atoms with Crippen molar-refractivity contribution in [1.29, 1.82) is 0 Å². The molecule has 1 aliphatic rings. The van der Waals surface area contributed by atoms with Crippen LogP contribution < -0.4 is 0 Å². The monoisotopic (exact) mass is 251 g/mol. The normalized spacial score (nSPS) is 23.1. The molecule has 1 heteroatoms. The number of aryl methyl sites for hydroxylation is 1. The smallest absolute Gasteiger partial charge is 0.0246 e. The second kappa shape index (κ2) is 4.82. The third-order valence-corrected chi connectivity index (χ3v) is 4.53. The maximum absolute atomic E-state index is 2.47. The number of benzene rings is 2. The average molecular weight is 251 g/mol. The highest BCUT2D eigenvalue weighted by molar-refractivity contribution is 5.44. The molecule has 0 saturated carbocycles. The van der Waals surface area contributed by atoms with E-state index in [1.54, 1.807) is 0 Å². The lowest BCUT2D eigenvalue weighted by Gasteiger charge is -2.39. The summed E-state index contributed by atoms with van der Waals surface area (Å²) in [6.07, 6.45) is 0. The molecule has 0 aliphatic carbocycles. The van der Waals surface area contributed by atoms with Crippen LogP contribution in [0.5, 0.6) is 0 Å². The Hall–Kier alpha value is -1.60. The molecule has 19 heavy (non-hydrogen) atoms. The Labute approximate surface area is 115 Å². The second-order valence-corrected chi connectivity index (χ2v) is 5.69. The van der Waals surface area contributed by atoms with Crippen molar-refractivity contribution in [1.82, 2.24) is 4.90 Å². The summed E-state index contributed by atoms with van der Waals surface area (Å²) < 4.78 is 0. The number of rotatable bonds is 1. The van der Waals surface area contributed by atoms with Gasteiger partial charge in [-0.15, -0.1) is 0 Å². The van der Waals surface area contributed by atoms with Crippen LogP contribution in [0.3, 0.4) is 0 Å². The SMILES string of the molecule is Cc1cccc2c1CN(C)[C@@H](C)[C@@H]2c1ccccc1. The topological polar surface area (TPSA) is 3.24 Å². The fourth-order valence-corrected chi connectivity index (χ4v) is 3.26. The Morgan fingerprint density at radius 2 is 1.74 bits per heavy atom. The lowest BCUT2D eigenvalue weighted by Crippen LogP contribution is -2.39. The van der Waals surface area contributed by atoms with Crippen LogP contribution in [0.1, 0.15) is 35.1 Å². The standard InChI is InChI=1S/C18H21N/c1-13-8-7-11-16-17(13)12-19(3)14(2)18(16)15-9-5-4-6-10-15/h4-11,14,18H,12H2,1-3H3/t14-,18+/m0/s1. The van der Waals surface area contributed by atoms with Gasteiger partial charge in [-0.1, -0.05) is 48.5 Å². The van der Waals surface area contributed by atoms with E-state index in [1.165, 1.54) is 22.3 Å². The zero-order valence-corrected chi connectivity index (χ0v) is 11.9. The van der Waals surface area contributed by atoms with E-state index in [-0.39, 0.29) is 0 Å². The lowest BCUT2D eigenvalue weighted by atomic mass is 9.78. The maximum atomic E-state index is 2.47. The highest BCUT2D eigenvalue weighted by atomic mass is 15.1. The molecule has 0 amide bonds. The fraction of sp³-hybridized carbons (Fsp3) is 0.333. The predicted molar refractivity (Wildman–Crippen MR) is 80.4 cm³/mol. The van der Waals surface area contributed by atoms with E-state index in [2.05, 4.69) is 74.3 Å². The number of hydrogen-bond donors (Lipinski definition) is 0. The molecule has 0 radical (unpaired) electrons. The number of nitrogens with zero attached hydrogens (tertiary/aromatic N) is 1. The van der Waals surface area contributed by atoms with Crippen LogP contribution in [-0.2, 0) is 6.54 Å². The molecule has 0 fully saturated rings. The summed E-state index contributed by atoms with van der Waals surface area (Å²) in [6.45, 7) is 5.63. The van der Waals surface area contributed by atoms with Gasteiger partial charge in [-0.05, 0) is 43.1 Å². The van der Waals surface area contributed by atoms with Gasteiger partial charge in [0.25, 0.3) is 0 Å². The third-order valence-electron chi connectivity index (χ3n) is 4.53. The minimum absolute atomic E-state index is 0.481. The summed E-state index contributed by atoms with van der Waals surface area (Å²) in [5.41, 5.74) is 5.86. The summed E-state index contributed by atoms with van der Waals surface area (Å²) in [7, 11) is 2.23. The number of hydrogen-bond acceptors (Lipinski definition) is 1. The van der Waals surface area contributed by atoms with Crippen LogP contribution in [0.15, 0.2) is 48.5 Å². The average Bonchev–Trinajstić information content (AvgIpc) is 2.42. The first kappa shape index (κ1) is 12.4. The van der Waals surface area contributed by atoms with Gasteiger partial charge in [0.15, 0.2) is 0 Å². The first-order valence-corrected chi connectivity index (χ1v) is 7.02. The molecule has 1 aliphatic heterocycles. The minimum atomic E-state index is 0.481. The molecular weight excluding hydrogens is 230 g/mol. The molecule has 1 nitrogen and oxygen atoms in total. The number of likely N-dealkylation sites (N-methyl/N-ethyl adjacent to an activating group) is 1. The third kappa shape index (κ3) is 2.08. The van der Waals surface area contributed by atoms with Crippen molar-refractivity contribution in [3.05, 3.63) is 70.8 Å². The Morgan fingerprint density at radius 1 is 1.00 bits per heavy atom. The van der Waals surface area contributed by atoms with Crippen molar-refractivity contribution in [2.45, 2.75) is 32.4 Å². The van der Waals surface area contributed by atoms with Crippen molar-refractivity contribution in [3.8, 4) is 0 Å². The Morgan fingerprint density at radius 3 is 2.47 bits per heavy atom. The van der Waals surface area contributed by atoms with Gasteiger partial charge in [-0.3, -0.25) is 4.90 Å². The summed E-state index contributed by atoms with van der Waals surface area (Å²) >= 11 is 0. The van der Waals surface area contributed by atoms with Gasteiger partial charge in [-0.25, -0.2) is 0 Å². The fourth-order valence-electron chi connectivity index (χ4n) is 3.26. The first-order valence-electron chi connectivity index (χ1n) is 7.02. The van der Waals surface area contributed by atoms with Gasteiger partial charge in [0.1, 0.15) is 0 Å². The molecule has 2 aromatic carbocycles. The van der Waals surface area contributed by atoms with Crippen LogP contribution in [0, 0.1) is 6.92 Å². The van der Waals surface area contributed by atoms with Crippen molar-refractivity contribution >= 4 is 0 Å². The Bertz CT molecular complexity index is 573. The van der Waals surface area contributed by atoms with Crippen LogP contribution >= 0.6 is 0 Å². The molecule has 0 unspecified atom stereocenters. The second-order valence-electron chi connectivity index (χ2n) is 5.69. The van der Waals surface area contributed by atoms with Crippen LogP contribution in [0.25, 0.3) is 0 Å². The largest absolute Gasteiger partial charge is 0.298 e. The molecule has 98 valence electrons. The van der Waals surface area contributed by atoms with E-state index >= 15 is 0 Å². The molecule has 0 N–H and O–H groups in total. The van der Waals surface area contributed by atoms with Crippen molar-refractivity contribution < 1.29 is 0 Å². The van der Waals surface area contributed by atoms with Crippen LogP contribution in [-0.4, -0.2) is 18.0 Å². The first-order chi connectivity index (χ1) is 9.18. The Kier molecular flexibility index (Phi) is 3.16. The minimum Gasteiger partial charge on any atom is -0.298 e. The molecule has 2 aromatic rings. The van der Waals surface area contributed by atoms with Gasteiger partial charge < -0.3 is 0 Å². The quantitative estimate of drug-likeness (QED) is 0.741. The van der Waals surface area contributed by atoms with Gasteiger partial charge >= 0.3 is 0 Å². The van der Waals surface area contributed by atoms with Crippen molar-refractivity contribution in [3.63, 3.8) is 0 Å². The molecule has 1 heterocycles. The zero-order chi connectivity index (χ0) is 13.4. The van der Waals surface area contributed by atoms with Crippen LogP contribution in [0.4, 0.5) is 0 Å². The summed E-state index contributed by atoms with van der Waals surface area (Å²) in [4.78, 5) is 2.47. The van der Waals surface area contributed by atoms with E-state index in [4.69, 9.17) is 0 Å². The zero-order valence-electron chi connectivity index (χ0n) is 11.9. The van der Waals surface area contributed by atoms with Gasteiger partial charge in [-0.2, -0.15) is 0 Å². The van der Waals surface area contributed by atoms with E-state index in [0.717, 1.165) is 6.54 Å². The lowest BCUT2D eigenvalue weighted by molar-refractivity contribution is 0.211.